The van der Waals surface area contributed by atoms with Gasteiger partial charge in [-0.3, -0.25) is 4.90 Å². The van der Waals surface area contributed by atoms with Crippen molar-refractivity contribution in [2.45, 2.75) is 32.4 Å². The van der Waals surface area contributed by atoms with Gasteiger partial charge in [-0.25, -0.2) is 9.59 Å². The number of carbonyl (C=O) groups excluding carboxylic acids is 2. The number of hydrogen-bond donors (Lipinski definition) is 0. The van der Waals surface area contributed by atoms with E-state index in [-0.39, 0.29) is 6.10 Å². The SMILES string of the molecule is COC(=O)/C=C/C(=O)OC(C)CC(C)N1CCOCC1. The number of morpholine rings is 1. The summed E-state index contributed by atoms with van der Waals surface area (Å²) < 4.78 is 14.9. The van der Waals surface area contributed by atoms with E-state index in [1.54, 1.807) is 0 Å². The second-order valence-electron chi connectivity index (χ2n) is 4.84. The zero-order chi connectivity index (χ0) is 15.0. The molecule has 0 bridgehead atoms. The molecular weight excluding hydrogens is 262 g/mol. The molecule has 114 valence electrons. The van der Waals surface area contributed by atoms with Crippen LogP contribution in [0.4, 0.5) is 0 Å². The Morgan fingerprint density at radius 2 is 1.80 bits per heavy atom. The Bertz CT molecular complexity index is 349. The molecule has 1 rings (SSSR count). The number of nitrogens with zero attached hydrogens (tertiary/aromatic N) is 1. The molecule has 1 aliphatic rings. The van der Waals surface area contributed by atoms with Crippen molar-refractivity contribution in [3.05, 3.63) is 12.2 Å². The third-order valence-electron chi connectivity index (χ3n) is 3.22. The van der Waals surface area contributed by atoms with Crippen LogP contribution in [0.25, 0.3) is 0 Å². The lowest BCUT2D eigenvalue weighted by atomic mass is 10.1. The Balaban J connectivity index is 2.31. The van der Waals surface area contributed by atoms with E-state index >= 15 is 0 Å². The Labute approximate surface area is 119 Å². The maximum absolute atomic E-state index is 11.5. The maximum Gasteiger partial charge on any atom is 0.331 e. The average Bonchev–Trinajstić information content (AvgIpc) is 2.45. The molecule has 0 aromatic rings. The molecule has 0 N–H and O–H groups in total. The van der Waals surface area contributed by atoms with Crippen LogP contribution < -0.4 is 0 Å². The molecular formula is C14H23NO5. The molecule has 2 atom stereocenters. The van der Waals surface area contributed by atoms with E-state index in [0.29, 0.717) is 6.04 Å². The van der Waals surface area contributed by atoms with Gasteiger partial charge in [0.25, 0.3) is 0 Å². The normalized spacial score (nSPS) is 19.6. The largest absolute Gasteiger partial charge is 0.466 e. The molecule has 1 fully saturated rings. The van der Waals surface area contributed by atoms with Crippen molar-refractivity contribution in [2.24, 2.45) is 0 Å². The molecule has 6 heteroatoms. The van der Waals surface area contributed by atoms with Crippen LogP contribution >= 0.6 is 0 Å². The molecule has 1 heterocycles. The van der Waals surface area contributed by atoms with Gasteiger partial charge in [0.05, 0.1) is 20.3 Å². The highest BCUT2D eigenvalue weighted by atomic mass is 16.5. The highest BCUT2D eigenvalue weighted by Crippen LogP contribution is 2.11. The fourth-order valence-corrected chi connectivity index (χ4v) is 2.14. The quantitative estimate of drug-likeness (QED) is 0.530. The monoisotopic (exact) mass is 285 g/mol. The molecule has 0 radical (unpaired) electrons. The molecule has 0 aliphatic carbocycles. The van der Waals surface area contributed by atoms with Gasteiger partial charge >= 0.3 is 11.9 Å². The first-order chi connectivity index (χ1) is 9.52. The van der Waals surface area contributed by atoms with Crippen LogP contribution in [0.1, 0.15) is 20.3 Å². The van der Waals surface area contributed by atoms with Crippen molar-refractivity contribution in [2.75, 3.05) is 33.4 Å². The third kappa shape index (κ3) is 6.16. The minimum Gasteiger partial charge on any atom is -0.466 e. The molecule has 0 aromatic heterocycles. The number of esters is 2. The number of rotatable bonds is 6. The van der Waals surface area contributed by atoms with Crippen LogP contribution in [0.2, 0.25) is 0 Å². The van der Waals surface area contributed by atoms with Crippen LogP contribution in [0.15, 0.2) is 12.2 Å². The summed E-state index contributed by atoms with van der Waals surface area (Å²) >= 11 is 0. The molecule has 0 amide bonds. The van der Waals surface area contributed by atoms with Crippen LogP contribution in [0.5, 0.6) is 0 Å². The lowest BCUT2D eigenvalue weighted by Crippen LogP contribution is -2.43. The van der Waals surface area contributed by atoms with Gasteiger partial charge in [0.2, 0.25) is 0 Å². The predicted molar refractivity (Wildman–Crippen MR) is 73.2 cm³/mol. The van der Waals surface area contributed by atoms with Gasteiger partial charge in [-0.05, 0) is 20.3 Å². The Hall–Kier alpha value is -1.40. The smallest absolute Gasteiger partial charge is 0.331 e. The average molecular weight is 285 g/mol. The lowest BCUT2D eigenvalue weighted by Gasteiger charge is -2.33. The molecule has 1 saturated heterocycles. The van der Waals surface area contributed by atoms with Crippen molar-refractivity contribution >= 4 is 11.9 Å². The zero-order valence-electron chi connectivity index (χ0n) is 12.3. The van der Waals surface area contributed by atoms with Gasteiger partial charge in [-0.1, -0.05) is 0 Å². The summed E-state index contributed by atoms with van der Waals surface area (Å²) in [5.74, 6) is -1.10. The first-order valence-electron chi connectivity index (χ1n) is 6.81. The number of hydrogen-bond acceptors (Lipinski definition) is 6. The van der Waals surface area contributed by atoms with Gasteiger partial charge in [0.1, 0.15) is 6.10 Å². The molecule has 0 saturated carbocycles. The minimum atomic E-state index is -0.573. The van der Waals surface area contributed by atoms with Crippen molar-refractivity contribution < 1.29 is 23.8 Å². The van der Waals surface area contributed by atoms with Crippen molar-refractivity contribution in [3.8, 4) is 0 Å². The van der Waals surface area contributed by atoms with Crippen LogP contribution in [0.3, 0.4) is 0 Å². The van der Waals surface area contributed by atoms with Gasteiger partial charge < -0.3 is 14.2 Å². The van der Waals surface area contributed by atoms with E-state index < -0.39 is 11.9 Å². The molecule has 1 aliphatic heterocycles. The molecule has 0 spiro atoms. The molecule has 2 unspecified atom stereocenters. The fourth-order valence-electron chi connectivity index (χ4n) is 2.14. The standard InChI is InChI=1S/C14H23NO5/c1-11(15-6-8-19-9-7-15)10-12(2)20-14(17)5-4-13(16)18-3/h4-5,11-12H,6-10H2,1-3H3/b5-4+. The van der Waals surface area contributed by atoms with Crippen LogP contribution in [0, 0.1) is 0 Å². The van der Waals surface area contributed by atoms with E-state index in [4.69, 9.17) is 9.47 Å². The van der Waals surface area contributed by atoms with E-state index in [1.165, 1.54) is 7.11 Å². The summed E-state index contributed by atoms with van der Waals surface area (Å²) in [6.45, 7) is 7.27. The minimum absolute atomic E-state index is 0.206. The maximum atomic E-state index is 11.5. The first kappa shape index (κ1) is 16.7. The van der Waals surface area contributed by atoms with Crippen molar-refractivity contribution in [1.82, 2.24) is 4.90 Å². The summed E-state index contributed by atoms with van der Waals surface area (Å²) in [4.78, 5) is 24.6. The van der Waals surface area contributed by atoms with Crippen LogP contribution in [-0.4, -0.2) is 62.4 Å². The third-order valence-corrected chi connectivity index (χ3v) is 3.22. The lowest BCUT2D eigenvalue weighted by molar-refractivity contribution is -0.144. The van der Waals surface area contributed by atoms with Crippen molar-refractivity contribution in [3.63, 3.8) is 0 Å². The van der Waals surface area contributed by atoms with E-state index in [2.05, 4.69) is 16.6 Å². The molecule has 20 heavy (non-hydrogen) atoms. The second-order valence-corrected chi connectivity index (χ2v) is 4.84. The summed E-state index contributed by atoms with van der Waals surface area (Å²) in [7, 11) is 1.25. The van der Waals surface area contributed by atoms with Gasteiger partial charge in [-0.15, -0.1) is 0 Å². The highest BCUT2D eigenvalue weighted by molar-refractivity contribution is 5.91. The summed E-state index contributed by atoms with van der Waals surface area (Å²) in [5, 5.41) is 0. The predicted octanol–water partition coefficient (Wildman–Crippen LogP) is 0.758. The summed E-state index contributed by atoms with van der Waals surface area (Å²) in [6.07, 6.45) is 2.68. The zero-order valence-corrected chi connectivity index (χ0v) is 12.3. The van der Waals surface area contributed by atoms with E-state index in [1.807, 2.05) is 6.92 Å². The highest BCUT2D eigenvalue weighted by Gasteiger charge is 2.20. The second kappa shape index (κ2) is 8.71. The molecule has 0 aromatic carbocycles. The Morgan fingerprint density at radius 3 is 2.40 bits per heavy atom. The molecule has 6 nitrogen and oxygen atoms in total. The number of methoxy groups -OCH3 is 1. The van der Waals surface area contributed by atoms with Gasteiger partial charge in [0, 0.05) is 31.3 Å². The number of ether oxygens (including phenoxy) is 3. The topological polar surface area (TPSA) is 65.1 Å². The Morgan fingerprint density at radius 1 is 1.20 bits per heavy atom. The first-order valence-corrected chi connectivity index (χ1v) is 6.81. The van der Waals surface area contributed by atoms with Gasteiger partial charge in [-0.2, -0.15) is 0 Å². The van der Waals surface area contributed by atoms with Gasteiger partial charge in [0.15, 0.2) is 0 Å². The van der Waals surface area contributed by atoms with E-state index in [0.717, 1.165) is 44.9 Å². The van der Waals surface area contributed by atoms with Crippen LogP contribution in [-0.2, 0) is 23.8 Å². The summed E-state index contributed by atoms with van der Waals surface area (Å²) in [6, 6.07) is 0.325. The Kier molecular flexibility index (Phi) is 7.25. The van der Waals surface area contributed by atoms with E-state index in [9.17, 15) is 9.59 Å². The van der Waals surface area contributed by atoms with Crippen molar-refractivity contribution in [1.29, 1.82) is 0 Å². The number of carbonyl (C=O) groups is 2. The summed E-state index contributed by atoms with van der Waals surface area (Å²) in [5.41, 5.74) is 0. The fraction of sp³-hybridized carbons (Fsp3) is 0.714.